The van der Waals surface area contributed by atoms with E-state index >= 15 is 0 Å². The van der Waals surface area contributed by atoms with E-state index in [2.05, 4.69) is 13.2 Å². The first-order chi connectivity index (χ1) is 6.67. The van der Waals surface area contributed by atoms with Crippen molar-refractivity contribution < 1.29 is 19.1 Å². The minimum absolute atomic E-state index is 0.448. The van der Waals surface area contributed by atoms with Gasteiger partial charge in [-0.2, -0.15) is 0 Å². The third-order valence-electron chi connectivity index (χ3n) is 1.65. The summed E-state index contributed by atoms with van der Waals surface area (Å²) in [5, 5.41) is 0. The number of ether oxygens (including phenoxy) is 2. The molecule has 1 aliphatic heterocycles. The van der Waals surface area contributed by atoms with Crippen LogP contribution in [0.4, 0.5) is 0 Å². The molecule has 2 atom stereocenters. The van der Waals surface area contributed by atoms with Crippen LogP contribution in [0.5, 0.6) is 0 Å². The van der Waals surface area contributed by atoms with Crippen LogP contribution in [0.1, 0.15) is 0 Å². The van der Waals surface area contributed by atoms with Gasteiger partial charge in [-0.3, -0.25) is 0 Å². The van der Waals surface area contributed by atoms with Gasteiger partial charge in [0.15, 0.2) is 12.2 Å². The molecule has 0 bridgehead atoms. The van der Waals surface area contributed by atoms with Gasteiger partial charge in [0, 0.05) is 12.2 Å². The molecule has 0 aromatic heterocycles. The highest BCUT2D eigenvalue weighted by Crippen LogP contribution is 2.13. The third kappa shape index (κ3) is 2.32. The Balaban J connectivity index is 2.59. The first-order valence-electron chi connectivity index (χ1n) is 4.02. The number of hydrogen-bond acceptors (Lipinski definition) is 4. The molecule has 0 fully saturated rings. The van der Waals surface area contributed by atoms with Crippen LogP contribution in [-0.2, 0) is 19.1 Å². The molecular weight excluding hydrogens is 184 g/mol. The van der Waals surface area contributed by atoms with Crippen molar-refractivity contribution in [3.8, 4) is 0 Å². The van der Waals surface area contributed by atoms with E-state index in [4.69, 9.17) is 9.47 Å². The van der Waals surface area contributed by atoms with Crippen molar-refractivity contribution in [1.82, 2.24) is 0 Å². The average Bonchev–Trinajstić information content (AvgIpc) is 2.60. The predicted octanol–water partition coefficient (Wildman–Crippen LogP) is 0.752. The van der Waals surface area contributed by atoms with Crippen molar-refractivity contribution in [3.05, 3.63) is 37.5 Å². The van der Waals surface area contributed by atoms with Crippen LogP contribution in [0, 0.1) is 0 Å². The van der Waals surface area contributed by atoms with Crippen LogP contribution in [0.25, 0.3) is 0 Å². The van der Waals surface area contributed by atoms with Crippen LogP contribution < -0.4 is 0 Å². The van der Waals surface area contributed by atoms with Gasteiger partial charge in [-0.1, -0.05) is 13.2 Å². The van der Waals surface area contributed by atoms with Gasteiger partial charge in [-0.25, -0.2) is 9.59 Å². The summed E-state index contributed by atoms with van der Waals surface area (Å²) in [5.41, 5.74) is 0. The number of carbonyl (C=O) groups is 2. The van der Waals surface area contributed by atoms with Gasteiger partial charge >= 0.3 is 11.9 Å². The Labute approximate surface area is 81.5 Å². The highest BCUT2D eigenvalue weighted by atomic mass is 16.6. The molecule has 4 heteroatoms. The summed E-state index contributed by atoms with van der Waals surface area (Å²) < 4.78 is 9.70. The largest absolute Gasteiger partial charge is 0.451 e. The maximum absolute atomic E-state index is 10.9. The van der Waals surface area contributed by atoms with E-state index in [1.54, 1.807) is 0 Å². The van der Waals surface area contributed by atoms with E-state index in [-0.39, 0.29) is 0 Å². The van der Waals surface area contributed by atoms with E-state index in [0.29, 0.717) is 0 Å². The molecule has 2 unspecified atom stereocenters. The molecule has 0 N–H and O–H groups in total. The van der Waals surface area contributed by atoms with E-state index in [9.17, 15) is 9.59 Å². The second-order valence-electron chi connectivity index (χ2n) is 2.60. The minimum Gasteiger partial charge on any atom is -0.451 e. The molecule has 0 aromatic rings. The minimum atomic E-state index is -0.664. The monoisotopic (exact) mass is 194 g/mol. The van der Waals surface area contributed by atoms with E-state index in [1.807, 2.05) is 0 Å². The van der Waals surface area contributed by atoms with Crippen LogP contribution in [0.2, 0.25) is 0 Å². The van der Waals surface area contributed by atoms with Gasteiger partial charge < -0.3 is 9.47 Å². The normalized spacial score (nSPS) is 21.1. The van der Waals surface area contributed by atoms with Crippen molar-refractivity contribution in [1.29, 1.82) is 0 Å². The Kier molecular flexibility index (Phi) is 3.23. The molecule has 0 spiro atoms. The fourth-order valence-electron chi connectivity index (χ4n) is 0.994. The van der Waals surface area contributed by atoms with Crippen molar-refractivity contribution in [3.63, 3.8) is 0 Å². The van der Waals surface area contributed by atoms with Gasteiger partial charge in [0.2, 0.25) is 0 Å². The zero-order valence-electron chi connectivity index (χ0n) is 7.51. The zero-order valence-corrected chi connectivity index (χ0v) is 7.51. The topological polar surface area (TPSA) is 52.6 Å². The lowest BCUT2D eigenvalue weighted by molar-refractivity contribution is -0.152. The number of cyclic esters (lactones) is 1. The summed E-state index contributed by atoms with van der Waals surface area (Å²) in [6.07, 6.45) is 3.99. The van der Waals surface area contributed by atoms with Crippen molar-refractivity contribution >= 4 is 11.9 Å². The fraction of sp³-hybridized carbons (Fsp3) is 0.200. The quantitative estimate of drug-likeness (QED) is 0.376. The summed E-state index contributed by atoms with van der Waals surface area (Å²) in [5.74, 6) is -1.03. The van der Waals surface area contributed by atoms with Crippen molar-refractivity contribution in [2.45, 2.75) is 12.2 Å². The predicted molar refractivity (Wildman–Crippen MR) is 49.3 cm³/mol. The lowest BCUT2D eigenvalue weighted by atomic mass is 10.2. The Morgan fingerprint density at radius 3 is 2.79 bits per heavy atom. The Hall–Kier alpha value is -1.84. The van der Waals surface area contributed by atoms with Crippen molar-refractivity contribution in [2.75, 3.05) is 0 Å². The molecular formula is C10H10O4. The van der Waals surface area contributed by atoms with Gasteiger partial charge in [-0.05, 0) is 12.2 Å². The standard InChI is InChI=1S/C10H10O4/c1-3-7(13-9(11)4-2)8-5-6-10(12)14-8/h3-8H,1-2H2. The molecule has 1 heterocycles. The van der Waals surface area contributed by atoms with Gasteiger partial charge in [0.1, 0.15) is 0 Å². The lowest BCUT2D eigenvalue weighted by Crippen LogP contribution is -2.28. The van der Waals surface area contributed by atoms with Crippen LogP contribution in [0.15, 0.2) is 37.5 Å². The maximum Gasteiger partial charge on any atom is 0.331 e. The molecule has 0 saturated carbocycles. The van der Waals surface area contributed by atoms with E-state index < -0.39 is 24.1 Å². The smallest absolute Gasteiger partial charge is 0.331 e. The third-order valence-corrected chi connectivity index (χ3v) is 1.65. The molecule has 1 rings (SSSR count). The second-order valence-corrected chi connectivity index (χ2v) is 2.60. The average molecular weight is 194 g/mol. The van der Waals surface area contributed by atoms with Gasteiger partial charge in [0.05, 0.1) is 0 Å². The molecule has 4 nitrogen and oxygen atoms in total. The highest BCUT2D eigenvalue weighted by molar-refractivity contribution is 5.85. The second kappa shape index (κ2) is 4.41. The fourth-order valence-corrected chi connectivity index (χ4v) is 0.994. The number of carbonyl (C=O) groups excluding carboxylic acids is 2. The molecule has 0 amide bonds. The molecule has 14 heavy (non-hydrogen) atoms. The number of rotatable bonds is 4. The summed E-state index contributed by atoms with van der Waals surface area (Å²) in [6, 6.07) is 0. The van der Waals surface area contributed by atoms with Crippen LogP contribution in [-0.4, -0.2) is 24.1 Å². The molecule has 0 aromatic carbocycles. The van der Waals surface area contributed by atoms with Gasteiger partial charge in [0.25, 0.3) is 0 Å². The molecule has 1 aliphatic rings. The Bertz CT molecular complexity index is 303. The Morgan fingerprint density at radius 2 is 2.36 bits per heavy atom. The lowest BCUT2D eigenvalue weighted by Gasteiger charge is -2.17. The summed E-state index contributed by atoms with van der Waals surface area (Å²) >= 11 is 0. The zero-order chi connectivity index (χ0) is 10.6. The molecule has 0 saturated heterocycles. The first-order valence-corrected chi connectivity index (χ1v) is 4.02. The number of esters is 2. The van der Waals surface area contributed by atoms with Crippen molar-refractivity contribution in [2.24, 2.45) is 0 Å². The van der Waals surface area contributed by atoms with Gasteiger partial charge in [-0.15, -0.1) is 0 Å². The summed E-state index contributed by atoms with van der Waals surface area (Å²) in [7, 11) is 0. The highest BCUT2D eigenvalue weighted by Gasteiger charge is 2.26. The van der Waals surface area contributed by atoms with E-state index in [0.717, 1.165) is 6.08 Å². The first kappa shape index (κ1) is 10.2. The molecule has 0 radical (unpaired) electrons. The maximum atomic E-state index is 10.9. The van der Waals surface area contributed by atoms with Crippen LogP contribution >= 0.6 is 0 Å². The van der Waals surface area contributed by atoms with Crippen LogP contribution in [0.3, 0.4) is 0 Å². The SMILES string of the molecule is C=CC(=O)OC(C=C)C1C=CC(=O)O1. The molecule has 0 aliphatic carbocycles. The molecule has 74 valence electrons. The number of hydrogen-bond donors (Lipinski definition) is 0. The van der Waals surface area contributed by atoms with E-state index in [1.165, 1.54) is 18.2 Å². The summed E-state index contributed by atoms with van der Waals surface area (Å²) in [4.78, 5) is 21.6. The summed E-state index contributed by atoms with van der Waals surface area (Å²) in [6.45, 7) is 6.74. The Morgan fingerprint density at radius 1 is 1.64 bits per heavy atom.